The summed E-state index contributed by atoms with van der Waals surface area (Å²) in [5.74, 6) is 0.863. The summed E-state index contributed by atoms with van der Waals surface area (Å²) in [7, 11) is 1.68. The number of nitrogens with zero attached hydrogens (tertiary/aromatic N) is 3. The minimum Gasteiger partial charge on any atom is -0.497 e. The summed E-state index contributed by atoms with van der Waals surface area (Å²) in [4.78, 5) is 2.49. The lowest BCUT2D eigenvalue weighted by Gasteiger charge is -2.33. The van der Waals surface area contributed by atoms with Crippen LogP contribution in [0.2, 0.25) is 0 Å². The highest BCUT2D eigenvalue weighted by atomic mass is 16.5. The summed E-state index contributed by atoms with van der Waals surface area (Å²) in [5, 5.41) is 6.75. The van der Waals surface area contributed by atoms with Crippen molar-refractivity contribution in [1.29, 1.82) is 0 Å². The van der Waals surface area contributed by atoms with E-state index in [0.717, 1.165) is 44.0 Å². The van der Waals surface area contributed by atoms with E-state index in [2.05, 4.69) is 46.2 Å². The number of hydrogen-bond acceptors (Lipinski definition) is 4. The zero-order valence-electron chi connectivity index (χ0n) is 14.5. The Kier molecular flexibility index (Phi) is 5.49. The highest BCUT2D eigenvalue weighted by Gasteiger charge is 2.15. The predicted molar refractivity (Wildman–Crippen MR) is 98.6 cm³/mol. The Labute approximate surface area is 144 Å². The lowest BCUT2D eigenvalue weighted by Crippen LogP contribution is -2.43. The molecule has 0 unspecified atom stereocenters. The first-order valence-corrected chi connectivity index (χ1v) is 8.44. The maximum absolute atomic E-state index is 5.24. The number of ether oxygens (including phenoxy) is 1. The lowest BCUT2D eigenvalue weighted by molar-refractivity contribution is 0.131. The van der Waals surface area contributed by atoms with Crippen molar-refractivity contribution in [3.8, 4) is 5.75 Å². The molecular weight excluding hydrogens is 298 g/mol. The van der Waals surface area contributed by atoms with Crippen LogP contribution in [0.25, 0.3) is 0 Å². The molecule has 0 aromatic heterocycles. The van der Waals surface area contributed by atoms with Gasteiger partial charge in [-0.3, -0.25) is 9.91 Å². The monoisotopic (exact) mass is 323 g/mol. The molecule has 24 heavy (non-hydrogen) atoms. The van der Waals surface area contributed by atoms with Gasteiger partial charge in [0.25, 0.3) is 0 Å². The van der Waals surface area contributed by atoms with Crippen molar-refractivity contribution in [3.05, 3.63) is 65.2 Å². The third-order valence-corrected chi connectivity index (χ3v) is 4.34. The van der Waals surface area contributed by atoms with E-state index < -0.39 is 0 Å². The Morgan fingerprint density at radius 1 is 1.04 bits per heavy atom. The highest BCUT2D eigenvalue weighted by Crippen LogP contribution is 2.12. The molecule has 4 nitrogen and oxygen atoms in total. The third kappa shape index (κ3) is 4.59. The second kappa shape index (κ2) is 7.97. The average molecular weight is 323 g/mol. The van der Waals surface area contributed by atoms with Crippen LogP contribution in [0.15, 0.2) is 53.6 Å². The van der Waals surface area contributed by atoms with Gasteiger partial charge in [0, 0.05) is 32.7 Å². The van der Waals surface area contributed by atoms with E-state index in [1.165, 1.54) is 11.1 Å². The molecule has 1 heterocycles. The number of hydrazone groups is 1. The van der Waals surface area contributed by atoms with Crippen LogP contribution >= 0.6 is 0 Å². The number of methoxy groups -OCH3 is 1. The molecule has 1 fully saturated rings. The number of rotatable bonds is 5. The fraction of sp³-hybridized carbons (Fsp3) is 0.350. The highest BCUT2D eigenvalue weighted by molar-refractivity contribution is 5.79. The first-order valence-electron chi connectivity index (χ1n) is 8.44. The minimum atomic E-state index is 0.863. The van der Waals surface area contributed by atoms with E-state index in [-0.39, 0.29) is 0 Å². The Balaban J connectivity index is 1.49. The van der Waals surface area contributed by atoms with Crippen molar-refractivity contribution >= 4 is 6.21 Å². The largest absolute Gasteiger partial charge is 0.497 e. The predicted octanol–water partition coefficient (Wildman–Crippen LogP) is 3.16. The van der Waals surface area contributed by atoms with Gasteiger partial charge in [-0.15, -0.1) is 0 Å². The van der Waals surface area contributed by atoms with Crippen LogP contribution in [0.4, 0.5) is 0 Å². The molecule has 0 atom stereocenters. The second-order valence-corrected chi connectivity index (χ2v) is 6.24. The van der Waals surface area contributed by atoms with Crippen LogP contribution in [0, 0.1) is 6.92 Å². The molecule has 2 aromatic rings. The molecule has 0 spiro atoms. The molecule has 0 bridgehead atoms. The van der Waals surface area contributed by atoms with Crippen molar-refractivity contribution < 1.29 is 4.74 Å². The first-order chi connectivity index (χ1) is 11.7. The fourth-order valence-electron chi connectivity index (χ4n) is 2.83. The molecule has 1 aliphatic heterocycles. The maximum atomic E-state index is 5.24. The lowest BCUT2D eigenvalue weighted by atomic mass is 10.1. The van der Waals surface area contributed by atoms with E-state index in [1.807, 2.05) is 30.5 Å². The summed E-state index contributed by atoms with van der Waals surface area (Å²) in [6.07, 6.45) is 1.91. The molecule has 4 heteroatoms. The van der Waals surface area contributed by atoms with Crippen molar-refractivity contribution in [2.75, 3.05) is 33.3 Å². The van der Waals surface area contributed by atoms with Crippen LogP contribution in [-0.4, -0.2) is 49.4 Å². The number of benzene rings is 2. The summed E-state index contributed by atoms with van der Waals surface area (Å²) in [5.41, 5.74) is 3.76. The quantitative estimate of drug-likeness (QED) is 0.791. The average Bonchev–Trinajstić information content (AvgIpc) is 2.63. The second-order valence-electron chi connectivity index (χ2n) is 6.24. The summed E-state index contributed by atoms with van der Waals surface area (Å²) in [6.45, 7) is 7.17. The van der Waals surface area contributed by atoms with Crippen LogP contribution in [0.5, 0.6) is 5.75 Å². The standard InChI is InChI=1S/C20H25N3O/c1-17-6-8-18(9-7-17)16-22-10-12-23(13-11-22)21-15-19-4-3-5-20(14-19)24-2/h3-9,14-15H,10-13,16H2,1-2H3. The van der Waals surface area contributed by atoms with Gasteiger partial charge in [-0.05, 0) is 30.2 Å². The molecule has 0 amide bonds. The van der Waals surface area contributed by atoms with Gasteiger partial charge in [0.2, 0.25) is 0 Å². The van der Waals surface area contributed by atoms with Crippen molar-refractivity contribution in [1.82, 2.24) is 9.91 Å². The van der Waals surface area contributed by atoms with E-state index in [1.54, 1.807) is 7.11 Å². The van der Waals surface area contributed by atoms with Crippen LogP contribution in [0.3, 0.4) is 0 Å². The SMILES string of the molecule is COc1cccc(C=NN2CCN(Cc3ccc(C)cc3)CC2)c1. The summed E-state index contributed by atoms with van der Waals surface area (Å²) in [6, 6.07) is 16.8. The van der Waals surface area contributed by atoms with E-state index in [9.17, 15) is 0 Å². The topological polar surface area (TPSA) is 28.1 Å². The van der Waals surface area contributed by atoms with Gasteiger partial charge < -0.3 is 4.74 Å². The Morgan fingerprint density at radius 3 is 2.50 bits per heavy atom. The Morgan fingerprint density at radius 2 is 1.79 bits per heavy atom. The Hall–Kier alpha value is -2.33. The normalized spacial score (nSPS) is 15.8. The van der Waals surface area contributed by atoms with Gasteiger partial charge in [-0.25, -0.2) is 0 Å². The van der Waals surface area contributed by atoms with Crippen molar-refractivity contribution in [3.63, 3.8) is 0 Å². The molecule has 126 valence electrons. The smallest absolute Gasteiger partial charge is 0.119 e. The van der Waals surface area contributed by atoms with E-state index in [4.69, 9.17) is 4.74 Å². The first kappa shape index (κ1) is 16.5. The molecular formula is C20H25N3O. The molecule has 0 N–H and O–H groups in total. The third-order valence-electron chi connectivity index (χ3n) is 4.34. The van der Waals surface area contributed by atoms with Crippen LogP contribution in [0.1, 0.15) is 16.7 Å². The minimum absolute atomic E-state index is 0.863. The number of aryl methyl sites for hydroxylation is 1. The van der Waals surface area contributed by atoms with Crippen LogP contribution in [-0.2, 0) is 6.54 Å². The molecule has 0 saturated carbocycles. The van der Waals surface area contributed by atoms with Gasteiger partial charge in [-0.2, -0.15) is 5.10 Å². The maximum Gasteiger partial charge on any atom is 0.119 e. The van der Waals surface area contributed by atoms with Gasteiger partial charge >= 0.3 is 0 Å². The zero-order valence-corrected chi connectivity index (χ0v) is 14.5. The number of hydrogen-bond donors (Lipinski definition) is 0. The van der Waals surface area contributed by atoms with Gasteiger partial charge in [-0.1, -0.05) is 42.0 Å². The summed E-state index contributed by atoms with van der Waals surface area (Å²) < 4.78 is 5.24. The number of piperazine rings is 1. The molecule has 1 aliphatic rings. The zero-order chi connectivity index (χ0) is 16.8. The molecule has 2 aromatic carbocycles. The molecule has 3 rings (SSSR count). The van der Waals surface area contributed by atoms with Crippen LogP contribution < -0.4 is 4.74 Å². The van der Waals surface area contributed by atoms with Crippen molar-refractivity contribution in [2.45, 2.75) is 13.5 Å². The summed E-state index contributed by atoms with van der Waals surface area (Å²) >= 11 is 0. The molecule has 1 saturated heterocycles. The fourth-order valence-corrected chi connectivity index (χ4v) is 2.83. The molecule has 0 radical (unpaired) electrons. The van der Waals surface area contributed by atoms with Crippen molar-refractivity contribution in [2.24, 2.45) is 5.10 Å². The van der Waals surface area contributed by atoms with Gasteiger partial charge in [0.05, 0.1) is 13.3 Å². The molecule has 0 aliphatic carbocycles. The van der Waals surface area contributed by atoms with E-state index in [0.29, 0.717) is 0 Å². The van der Waals surface area contributed by atoms with Gasteiger partial charge in [0.1, 0.15) is 5.75 Å². The van der Waals surface area contributed by atoms with E-state index >= 15 is 0 Å². The Bertz CT molecular complexity index is 674. The van der Waals surface area contributed by atoms with Gasteiger partial charge in [0.15, 0.2) is 0 Å².